The Balaban J connectivity index is 3.40. The van der Waals surface area contributed by atoms with Crippen molar-refractivity contribution < 1.29 is 14.3 Å². The van der Waals surface area contributed by atoms with Crippen LogP contribution in [0.5, 0.6) is 0 Å². The Morgan fingerprint density at radius 3 is 2.69 bits per heavy atom. The fourth-order valence-electron chi connectivity index (χ4n) is 1.21. The number of nitrogens with one attached hydrogen (secondary N) is 2. The molecule has 0 heterocycles. The Bertz CT molecular complexity index is 221. The number of carbonyl (C=O) groups is 2. The third-order valence-electron chi connectivity index (χ3n) is 1.89. The Kier molecular flexibility index (Phi) is 8.46. The largest absolute Gasteiger partial charge is 0.383 e. The van der Waals surface area contributed by atoms with E-state index in [0.717, 1.165) is 0 Å². The van der Waals surface area contributed by atoms with E-state index >= 15 is 0 Å². The van der Waals surface area contributed by atoms with Gasteiger partial charge in [-0.05, 0) is 19.9 Å². The van der Waals surface area contributed by atoms with Gasteiger partial charge in [0, 0.05) is 19.6 Å². The molecule has 0 aliphatic heterocycles. The summed E-state index contributed by atoms with van der Waals surface area (Å²) in [5.41, 5.74) is 4.97. The van der Waals surface area contributed by atoms with E-state index in [1.807, 2.05) is 6.92 Å². The summed E-state index contributed by atoms with van der Waals surface area (Å²) in [6.45, 7) is 3.21. The van der Waals surface area contributed by atoms with Crippen LogP contribution in [0.3, 0.4) is 0 Å². The highest BCUT2D eigenvalue weighted by molar-refractivity contribution is 5.78. The summed E-state index contributed by atoms with van der Waals surface area (Å²) in [7, 11) is 1.59. The van der Waals surface area contributed by atoms with Gasteiger partial charge in [0.05, 0.1) is 13.2 Å². The van der Waals surface area contributed by atoms with Crippen molar-refractivity contribution in [2.45, 2.75) is 25.8 Å². The topological polar surface area (TPSA) is 93.4 Å². The summed E-state index contributed by atoms with van der Waals surface area (Å²) < 4.78 is 4.89. The maximum atomic E-state index is 11.3. The van der Waals surface area contributed by atoms with Gasteiger partial charge in [-0.1, -0.05) is 0 Å². The second-order valence-corrected chi connectivity index (χ2v) is 3.67. The molecule has 0 aromatic carbocycles. The highest BCUT2D eigenvalue weighted by atomic mass is 16.5. The van der Waals surface area contributed by atoms with Crippen LogP contribution in [0.15, 0.2) is 0 Å². The first-order valence-electron chi connectivity index (χ1n) is 5.33. The fourth-order valence-corrected chi connectivity index (χ4v) is 1.21. The molecule has 0 aliphatic rings. The number of amides is 2. The van der Waals surface area contributed by atoms with Gasteiger partial charge in [-0.2, -0.15) is 0 Å². The van der Waals surface area contributed by atoms with Crippen LogP contribution in [-0.4, -0.2) is 44.7 Å². The minimum atomic E-state index is -0.319. The number of ether oxygens (including phenoxy) is 1. The molecule has 2 amide bonds. The molecule has 1 atom stereocenters. The zero-order valence-corrected chi connectivity index (χ0v) is 9.91. The lowest BCUT2D eigenvalue weighted by Gasteiger charge is -2.12. The zero-order valence-electron chi connectivity index (χ0n) is 9.91. The van der Waals surface area contributed by atoms with Crippen molar-refractivity contribution >= 4 is 11.8 Å². The van der Waals surface area contributed by atoms with Gasteiger partial charge in [0.2, 0.25) is 11.8 Å². The van der Waals surface area contributed by atoms with Crippen molar-refractivity contribution in [1.29, 1.82) is 0 Å². The number of carbonyl (C=O) groups excluding carboxylic acids is 2. The van der Waals surface area contributed by atoms with Gasteiger partial charge in [0.25, 0.3) is 0 Å². The van der Waals surface area contributed by atoms with Gasteiger partial charge >= 0.3 is 0 Å². The average molecular weight is 231 g/mol. The molecule has 6 nitrogen and oxygen atoms in total. The lowest BCUT2D eigenvalue weighted by Crippen LogP contribution is -2.41. The molecule has 4 N–H and O–H groups in total. The van der Waals surface area contributed by atoms with Crippen LogP contribution in [0.25, 0.3) is 0 Å². The maximum absolute atomic E-state index is 11.3. The van der Waals surface area contributed by atoms with E-state index in [1.165, 1.54) is 0 Å². The molecule has 0 saturated carbocycles. The smallest absolute Gasteiger partial charge is 0.234 e. The van der Waals surface area contributed by atoms with Gasteiger partial charge in [-0.15, -0.1) is 0 Å². The average Bonchev–Trinajstić information content (AvgIpc) is 2.16. The first-order valence-corrected chi connectivity index (χ1v) is 5.33. The molecular weight excluding hydrogens is 210 g/mol. The Labute approximate surface area is 95.9 Å². The summed E-state index contributed by atoms with van der Waals surface area (Å²) >= 11 is 0. The summed E-state index contributed by atoms with van der Waals surface area (Å²) in [6.07, 6.45) is 0.991. The fraction of sp³-hybridized carbons (Fsp3) is 0.800. The summed E-state index contributed by atoms with van der Waals surface area (Å²) in [4.78, 5) is 21.7. The first kappa shape index (κ1) is 14.9. The van der Waals surface area contributed by atoms with E-state index in [9.17, 15) is 9.59 Å². The number of nitrogens with two attached hydrogens (primary N) is 1. The summed E-state index contributed by atoms with van der Waals surface area (Å²) in [6, 6.07) is 0.00456. The lowest BCUT2D eigenvalue weighted by molar-refractivity contribution is -0.121. The van der Waals surface area contributed by atoms with Crippen LogP contribution in [0, 0.1) is 0 Å². The highest BCUT2D eigenvalue weighted by Gasteiger charge is 2.05. The molecule has 0 fully saturated rings. The molecule has 6 heteroatoms. The standard InChI is InChI=1S/C10H21N3O3/c1-8(7-16-2)13-10(15)6-12-5-3-4-9(11)14/h8,12H,3-7H2,1-2H3,(H2,11,14)(H,13,15). The SMILES string of the molecule is COCC(C)NC(=O)CNCCCC(N)=O. The van der Waals surface area contributed by atoms with Gasteiger partial charge in [-0.25, -0.2) is 0 Å². The number of hydrogen-bond acceptors (Lipinski definition) is 4. The molecule has 0 aliphatic carbocycles. The van der Waals surface area contributed by atoms with E-state index in [4.69, 9.17) is 10.5 Å². The van der Waals surface area contributed by atoms with Crippen molar-refractivity contribution in [1.82, 2.24) is 10.6 Å². The number of hydrogen-bond donors (Lipinski definition) is 3. The van der Waals surface area contributed by atoms with Crippen molar-refractivity contribution in [3.05, 3.63) is 0 Å². The summed E-state index contributed by atoms with van der Waals surface area (Å²) in [5.74, 6) is -0.399. The molecule has 1 unspecified atom stereocenters. The highest BCUT2D eigenvalue weighted by Crippen LogP contribution is 1.84. The van der Waals surface area contributed by atoms with Crippen LogP contribution in [0.4, 0.5) is 0 Å². The zero-order chi connectivity index (χ0) is 12.4. The Hall–Kier alpha value is -1.14. The number of rotatable bonds is 9. The Morgan fingerprint density at radius 2 is 2.12 bits per heavy atom. The second kappa shape index (κ2) is 9.11. The Morgan fingerprint density at radius 1 is 1.44 bits per heavy atom. The van der Waals surface area contributed by atoms with E-state index in [2.05, 4.69) is 10.6 Å². The van der Waals surface area contributed by atoms with Gasteiger partial charge in [0.15, 0.2) is 0 Å². The van der Waals surface area contributed by atoms with Crippen molar-refractivity contribution in [3.8, 4) is 0 Å². The number of primary amides is 1. The molecular formula is C10H21N3O3. The summed E-state index contributed by atoms with van der Waals surface area (Å²) in [5, 5.41) is 5.69. The van der Waals surface area contributed by atoms with Gasteiger partial charge in [-0.3, -0.25) is 9.59 Å². The second-order valence-electron chi connectivity index (χ2n) is 3.67. The maximum Gasteiger partial charge on any atom is 0.234 e. The number of methoxy groups -OCH3 is 1. The van der Waals surface area contributed by atoms with E-state index in [-0.39, 0.29) is 24.4 Å². The monoisotopic (exact) mass is 231 g/mol. The third-order valence-corrected chi connectivity index (χ3v) is 1.89. The van der Waals surface area contributed by atoms with Gasteiger partial charge < -0.3 is 21.1 Å². The molecule has 94 valence electrons. The van der Waals surface area contributed by atoms with Crippen molar-refractivity contribution in [3.63, 3.8) is 0 Å². The molecule has 0 bridgehead atoms. The van der Waals surface area contributed by atoms with E-state index < -0.39 is 0 Å². The molecule has 0 aromatic heterocycles. The van der Waals surface area contributed by atoms with E-state index in [1.54, 1.807) is 7.11 Å². The lowest BCUT2D eigenvalue weighted by atomic mass is 10.3. The first-order chi connectivity index (χ1) is 7.56. The van der Waals surface area contributed by atoms with Crippen molar-refractivity contribution in [2.24, 2.45) is 5.73 Å². The quantitative estimate of drug-likeness (QED) is 0.443. The normalized spacial score (nSPS) is 12.1. The minimum absolute atomic E-state index is 0.00456. The molecule has 0 rings (SSSR count). The van der Waals surface area contributed by atoms with Crippen LogP contribution in [0.1, 0.15) is 19.8 Å². The van der Waals surface area contributed by atoms with Crippen LogP contribution in [-0.2, 0) is 14.3 Å². The molecule has 16 heavy (non-hydrogen) atoms. The minimum Gasteiger partial charge on any atom is -0.383 e. The molecule has 0 aromatic rings. The molecule has 0 radical (unpaired) electrons. The van der Waals surface area contributed by atoms with Crippen molar-refractivity contribution in [2.75, 3.05) is 26.8 Å². The molecule has 0 saturated heterocycles. The van der Waals surface area contributed by atoms with Crippen LogP contribution < -0.4 is 16.4 Å². The van der Waals surface area contributed by atoms with Gasteiger partial charge in [0.1, 0.15) is 0 Å². The van der Waals surface area contributed by atoms with Crippen LogP contribution >= 0.6 is 0 Å². The molecule has 0 spiro atoms. The van der Waals surface area contributed by atoms with Crippen LogP contribution in [0.2, 0.25) is 0 Å². The van der Waals surface area contributed by atoms with E-state index in [0.29, 0.717) is 26.0 Å². The predicted molar refractivity (Wildman–Crippen MR) is 60.8 cm³/mol. The predicted octanol–water partition coefficient (Wildman–Crippen LogP) is -1.01. The third kappa shape index (κ3) is 9.42.